The number of aryl methyl sites for hydroxylation is 1. The van der Waals surface area contributed by atoms with Gasteiger partial charge in [0.05, 0.1) is 6.54 Å². The van der Waals surface area contributed by atoms with Crippen LogP contribution in [0.25, 0.3) is 0 Å². The predicted molar refractivity (Wildman–Crippen MR) is 83.9 cm³/mol. The topological polar surface area (TPSA) is 93.7 Å². The van der Waals surface area contributed by atoms with Gasteiger partial charge >= 0.3 is 5.97 Å². The minimum absolute atomic E-state index is 0.00387. The van der Waals surface area contributed by atoms with E-state index in [1.807, 2.05) is 32.9 Å². The van der Waals surface area contributed by atoms with Crippen LogP contribution >= 0.6 is 0 Å². The normalized spacial score (nSPS) is 10.1. The molecular formula is C16H22N2O5. The maximum Gasteiger partial charge on any atom is 0.344 e. The van der Waals surface area contributed by atoms with Crippen molar-refractivity contribution in [3.05, 3.63) is 29.8 Å². The molecule has 1 rings (SSSR count). The summed E-state index contributed by atoms with van der Waals surface area (Å²) in [7, 11) is 0. The van der Waals surface area contributed by atoms with E-state index in [0.717, 1.165) is 5.56 Å². The standard InChI is InChI=1S/C16H22N2O5/c1-11(2)18-14(19)8-17-15(20)9-23-16(21)10-22-13-7-5-4-6-12(13)3/h4-7,11H,8-10H2,1-3H3,(H,17,20)(H,18,19). The lowest BCUT2D eigenvalue weighted by atomic mass is 10.2. The molecule has 1 aromatic carbocycles. The SMILES string of the molecule is Cc1ccccc1OCC(=O)OCC(=O)NCC(=O)NC(C)C. The molecule has 0 spiro atoms. The molecule has 126 valence electrons. The van der Waals surface area contributed by atoms with E-state index in [4.69, 9.17) is 9.47 Å². The van der Waals surface area contributed by atoms with Crippen LogP contribution in [0.15, 0.2) is 24.3 Å². The number of nitrogens with one attached hydrogen (secondary N) is 2. The summed E-state index contributed by atoms with van der Waals surface area (Å²) in [5.74, 6) is -0.926. The smallest absolute Gasteiger partial charge is 0.344 e. The molecule has 0 aliphatic rings. The zero-order valence-electron chi connectivity index (χ0n) is 13.5. The van der Waals surface area contributed by atoms with Crippen LogP contribution in [-0.4, -0.2) is 43.6 Å². The lowest BCUT2D eigenvalue weighted by Gasteiger charge is -2.10. The fraction of sp³-hybridized carbons (Fsp3) is 0.438. The Morgan fingerprint density at radius 2 is 1.78 bits per heavy atom. The number of amides is 2. The van der Waals surface area contributed by atoms with Gasteiger partial charge in [0.25, 0.3) is 5.91 Å². The first-order valence-electron chi connectivity index (χ1n) is 7.28. The van der Waals surface area contributed by atoms with E-state index in [0.29, 0.717) is 5.75 Å². The van der Waals surface area contributed by atoms with Crippen LogP contribution in [-0.2, 0) is 19.1 Å². The van der Waals surface area contributed by atoms with Gasteiger partial charge in [-0.1, -0.05) is 18.2 Å². The highest BCUT2D eigenvalue weighted by Crippen LogP contribution is 2.15. The van der Waals surface area contributed by atoms with Gasteiger partial charge in [-0.15, -0.1) is 0 Å². The van der Waals surface area contributed by atoms with Crippen molar-refractivity contribution in [2.45, 2.75) is 26.8 Å². The van der Waals surface area contributed by atoms with Gasteiger partial charge in [-0.3, -0.25) is 9.59 Å². The molecule has 1 aromatic rings. The number of rotatable bonds is 8. The van der Waals surface area contributed by atoms with Crippen LogP contribution in [0.2, 0.25) is 0 Å². The Kier molecular flexibility index (Phi) is 7.59. The first-order chi connectivity index (χ1) is 10.9. The molecule has 0 heterocycles. The van der Waals surface area contributed by atoms with E-state index in [-0.39, 0.29) is 25.1 Å². The monoisotopic (exact) mass is 322 g/mol. The van der Waals surface area contributed by atoms with Gasteiger partial charge in [-0.2, -0.15) is 0 Å². The molecule has 0 fully saturated rings. The number of ether oxygens (including phenoxy) is 2. The van der Waals surface area contributed by atoms with Crippen molar-refractivity contribution in [1.82, 2.24) is 10.6 Å². The molecule has 0 saturated carbocycles. The van der Waals surface area contributed by atoms with Crippen molar-refractivity contribution in [2.24, 2.45) is 0 Å². The van der Waals surface area contributed by atoms with Crippen LogP contribution in [0.1, 0.15) is 19.4 Å². The van der Waals surface area contributed by atoms with Crippen LogP contribution in [0, 0.1) is 6.92 Å². The van der Waals surface area contributed by atoms with Crippen molar-refractivity contribution in [3.63, 3.8) is 0 Å². The Bertz CT molecular complexity index is 557. The lowest BCUT2D eigenvalue weighted by Crippen LogP contribution is -2.41. The van der Waals surface area contributed by atoms with E-state index >= 15 is 0 Å². The Hall–Kier alpha value is -2.57. The molecule has 0 aliphatic carbocycles. The van der Waals surface area contributed by atoms with Gasteiger partial charge in [-0.05, 0) is 32.4 Å². The van der Waals surface area contributed by atoms with Crippen molar-refractivity contribution >= 4 is 17.8 Å². The van der Waals surface area contributed by atoms with Gasteiger partial charge in [0, 0.05) is 6.04 Å². The number of esters is 1. The average molecular weight is 322 g/mol. The van der Waals surface area contributed by atoms with Crippen molar-refractivity contribution in [1.29, 1.82) is 0 Å². The summed E-state index contributed by atoms with van der Waals surface area (Å²) in [5, 5.41) is 4.98. The van der Waals surface area contributed by atoms with E-state index in [1.54, 1.807) is 12.1 Å². The lowest BCUT2D eigenvalue weighted by molar-refractivity contribution is -0.150. The highest BCUT2D eigenvalue weighted by molar-refractivity contribution is 5.86. The van der Waals surface area contributed by atoms with Gasteiger partial charge in [0.1, 0.15) is 5.75 Å². The first-order valence-corrected chi connectivity index (χ1v) is 7.28. The fourth-order valence-corrected chi connectivity index (χ4v) is 1.65. The highest BCUT2D eigenvalue weighted by atomic mass is 16.6. The fourth-order valence-electron chi connectivity index (χ4n) is 1.65. The number of carbonyl (C=O) groups excluding carboxylic acids is 3. The minimum Gasteiger partial charge on any atom is -0.482 e. The zero-order valence-corrected chi connectivity index (χ0v) is 13.5. The summed E-state index contributed by atoms with van der Waals surface area (Å²) in [6.07, 6.45) is 0. The van der Waals surface area contributed by atoms with Crippen LogP contribution in [0.3, 0.4) is 0 Å². The Morgan fingerprint density at radius 3 is 2.43 bits per heavy atom. The maximum absolute atomic E-state index is 11.5. The summed E-state index contributed by atoms with van der Waals surface area (Å²) < 4.78 is 10.1. The quantitative estimate of drug-likeness (QED) is 0.682. The molecule has 7 nitrogen and oxygen atoms in total. The third-order valence-corrected chi connectivity index (χ3v) is 2.70. The second-order valence-electron chi connectivity index (χ2n) is 5.21. The molecule has 0 bridgehead atoms. The molecule has 0 atom stereocenters. The molecule has 2 N–H and O–H groups in total. The van der Waals surface area contributed by atoms with Gasteiger partial charge < -0.3 is 20.1 Å². The number of hydrogen-bond donors (Lipinski definition) is 2. The van der Waals surface area contributed by atoms with Crippen molar-refractivity contribution in [3.8, 4) is 5.75 Å². The van der Waals surface area contributed by atoms with Crippen molar-refractivity contribution in [2.75, 3.05) is 19.8 Å². The van der Waals surface area contributed by atoms with E-state index < -0.39 is 18.5 Å². The second-order valence-corrected chi connectivity index (χ2v) is 5.21. The summed E-state index contributed by atoms with van der Waals surface area (Å²) in [4.78, 5) is 34.3. The average Bonchev–Trinajstić information content (AvgIpc) is 2.49. The second kappa shape index (κ2) is 9.45. The van der Waals surface area contributed by atoms with Gasteiger partial charge in [0.2, 0.25) is 5.91 Å². The number of hydrogen-bond acceptors (Lipinski definition) is 5. The van der Waals surface area contributed by atoms with E-state index in [9.17, 15) is 14.4 Å². The molecule has 2 amide bonds. The zero-order chi connectivity index (χ0) is 17.2. The third-order valence-electron chi connectivity index (χ3n) is 2.70. The molecule has 0 saturated heterocycles. The predicted octanol–water partition coefficient (Wildman–Crippen LogP) is 0.558. The summed E-state index contributed by atoms with van der Waals surface area (Å²) in [5.41, 5.74) is 0.897. The van der Waals surface area contributed by atoms with Crippen LogP contribution < -0.4 is 15.4 Å². The molecule has 7 heteroatoms. The molecular weight excluding hydrogens is 300 g/mol. The third kappa shape index (κ3) is 7.85. The first kappa shape index (κ1) is 18.5. The highest BCUT2D eigenvalue weighted by Gasteiger charge is 2.10. The Labute approximate surface area is 135 Å². The molecule has 23 heavy (non-hydrogen) atoms. The van der Waals surface area contributed by atoms with Crippen LogP contribution in [0.5, 0.6) is 5.75 Å². The number of carbonyl (C=O) groups is 3. The summed E-state index contributed by atoms with van der Waals surface area (Å²) in [6, 6.07) is 7.25. The maximum atomic E-state index is 11.5. The minimum atomic E-state index is -0.657. The Balaban J connectivity index is 2.21. The van der Waals surface area contributed by atoms with E-state index in [2.05, 4.69) is 10.6 Å². The Morgan fingerprint density at radius 1 is 1.09 bits per heavy atom. The largest absolute Gasteiger partial charge is 0.482 e. The van der Waals surface area contributed by atoms with Gasteiger partial charge in [0.15, 0.2) is 13.2 Å². The van der Waals surface area contributed by atoms with Crippen LogP contribution in [0.4, 0.5) is 0 Å². The number of para-hydroxylation sites is 1. The summed E-state index contributed by atoms with van der Waals surface area (Å²) >= 11 is 0. The number of benzene rings is 1. The summed E-state index contributed by atoms with van der Waals surface area (Å²) in [6.45, 7) is 4.59. The molecule has 0 aromatic heterocycles. The van der Waals surface area contributed by atoms with Crippen molar-refractivity contribution < 1.29 is 23.9 Å². The molecule has 0 radical (unpaired) electrons. The molecule has 0 unspecified atom stereocenters. The van der Waals surface area contributed by atoms with Gasteiger partial charge in [-0.25, -0.2) is 4.79 Å². The molecule has 0 aliphatic heterocycles. The van der Waals surface area contributed by atoms with E-state index in [1.165, 1.54) is 0 Å².